The molecule has 4 aromatic heterocycles. The number of pyridine rings is 1. The topological polar surface area (TPSA) is 151 Å². The molecule has 2 N–H and O–H groups in total. The first-order chi connectivity index (χ1) is 20.6. The first kappa shape index (κ1) is 26.9. The molecule has 0 radical (unpaired) electrons. The molecule has 13 nitrogen and oxygen atoms in total. The predicted molar refractivity (Wildman–Crippen MR) is 158 cm³/mol. The highest BCUT2D eigenvalue weighted by molar-refractivity contribution is 6.13. The number of hydrogen-bond acceptors (Lipinski definition) is 9. The summed E-state index contributed by atoms with van der Waals surface area (Å²) in [5.74, 6) is 2.06. The van der Waals surface area contributed by atoms with Crippen LogP contribution >= 0.6 is 0 Å². The van der Waals surface area contributed by atoms with Gasteiger partial charge in [0.25, 0.3) is 0 Å². The van der Waals surface area contributed by atoms with Crippen LogP contribution in [-0.2, 0) is 9.59 Å². The maximum Gasteiger partial charge on any atom is 0.331 e. The van der Waals surface area contributed by atoms with Crippen LogP contribution in [0.3, 0.4) is 0 Å². The lowest BCUT2D eigenvalue weighted by Crippen LogP contribution is -2.30. The Labute approximate surface area is 247 Å². The number of amides is 4. The minimum Gasteiger partial charge on any atom is -0.362 e. The van der Waals surface area contributed by atoms with Crippen molar-refractivity contribution >= 4 is 40.8 Å². The van der Waals surface area contributed by atoms with E-state index in [0.717, 1.165) is 34.7 Å². The van der Waals surface area contributed by atoms with Gasteiger partial charge < -0.3 is 15.0 Å². The van der Waals surface area contributed by atoms with E-state index in [1.54, 1.807) is 19.2 Å². The fraction of sp³-hybridized carbons (Fsp3) is 0.400. The normalized spacial score (nSPS) is 20.6. The molecular weight excluding hydrogens is 548 g/mol. The quantitative estimate of drug-likeness (QED) is 0.297. The fourth-order valence-electron chi connectivity index (χ4n) is 5.59. The van der Waals surface area contributed by atoms with Crippen molar-refractivity contribution in [2.75, 3.05) is 29.1 Å². The Hall–Kier alpha value is -4.94. The molecule has 1 aliphatic heterocycles. The monoisotopic (exact) mass is 580 g/mol. The number of fused-ring (bicyclic) bond motifs is 1. The summed E-state index contributed by atoms with van der Waals surface area (Å²) >= 11 is 0. The lowest BCUT2D eigenvalue weighted by atomic mass is 10.1. The second-order valence-corrected chi connectivity index (χ2v) is 11.7. The van der Waals surface area contributed by atoms with Crippen molar-refractivity contribution in [3.05, 3.63) is 65.4 Å². The number of imide groups is 1. The van der Waals surface area contributed by atoms with Gasteiger partial charge in [-0.05, 0) is 63.6 Å². The lowest BCUT2D eigenvalue weighted by molar-refractivity contribution is -0.124. The average Bonchev–Trinajstić information content (AvgIpc) is 3.89. The van der Waals surface area contributed by atoms with Crippen molar-refractivity contribution in [3.8, 4) is 0 Å². The molecular formula is C30H32N10O3. The summed E-state index contributed by atoms with van der Waals surface area (Å²) in [4.78, 5) is 63.4. The van der Waals surface area contributed by atoms with Crippen LogP contribution < -0.4 is 15.5 Å². The highest BCUT2D eigenvalue weighted by Crippen LogP contribution is 2.46. The second kappa shape index (κ2) is 10.1. The van der Waals surface area contributed by atoms with E-state index in [9.17, 15) is 14.4 Å². The Balaban J connectivity index is 1.10. The molecule has 13 heteroatoms. The van der Waals surface area contributed by atoms with Gasteiger partial charge in [-0.3, -0.25) is 19.4 Å². The van der Waals surface area contributed by atoms with Crippen LogP contribution in [0.1, 0.15) is 72.7 Å². The van der Waals surface area contributed by atoms with Crippen molar-refractivity contribution in [1.82, 2.24) is 34.2 Å². The Bertz CT molecular complexity index is 1800. The van der Waals surface area contributed by atoms with Crippen LogP contribution in [0.25, 0.3) is 5.65 Å². The van der Waals surface area contributed by atoms with Gasteiger partial charge in [0.2, 0.25) is 11.8 Å². The van der Waals surface area contributed by atoms with Crippen LogP contribution in [0.4, 0.5) is 22.1 Å². The molecule has 0 spiro atoms. The molecule has 43 heavy (non-hydrogen) atoms. The molecule has 7 rings (SSSR count). The van der Waals surface area contributed by atoms with Gasteiger partial charge in [-0.15, -0.1) is 0 Å². The molecule has 3 aliphatic rings. The van der Waals surface area contributed by atoms with Crippen LogP contribution in [0.5, 0.6) is 0 Å². The molecule has 0 unspecified atom stereocenters. The summed E-state index contributed by atoms with van der Waals surface area (Å²) < 4.78 is 1.94. The molecule has 5 heterocycles. The van der Waals surface area contributed by atoms with Crippen LogP contribution in [0.15, 0.2) is 36.8 Å². The summed E-state index contributed by atoms with van der Waals surface area (Å²) in [7, 11) is 1.50. The average molecular weight is 581 g/mol. The highest BCUT2D eigenvalue weighted by Gasteiger charge is 2.46. The summed E-state index contributed by atoms with van der Waals surface area (Å²) in [6.07, 6.45) is 8.62. The van der Waals surface area contributed by atoms with E-state index in [4.69, 9.17) is 4.98 Å². The second-order valence-electron chi connectivity index (χ2n) is 11.7. The Morgan fingerprint density at radius 1 is 1.05 bits per heavy atom. The molecule has 3 atom stereocenters. The summed E-state index contributed by atoms with van der Waals surface area (Å²) in [5.41, 5.74) is 3.97. The minimum atomic E-state index is -0.356. The van der Waals surface area contributed by atoms with Gasteiger partial charge in [-0.2, -0.15) is 0 Å². The van der Waals surface area contributed by atoms with Gasteiger partial charge in [0.15, 0.2) is 5.65 Å². The summed E-state index contributed by atoms with van der Waals surface area (Å²) in [6, 6.07) is 4.92. The third kappa shape index (κ3) is 5.15. The summed E-state index contributed by atoms with van der Waals surface area (Å²) in [6.45, 7) is 5.64. The Morgan fingerprint density at radius 3 is 2.56 bits per heavy atom. The van der Waals surface area contributed by atoms with Crippen molar-refractivity contribution in [2.24, 2.45) is 5.92 Å². The summed E-state index contributed by atoms with van der Waals surface area (Å²) in [5, 5.41) is 6.31. The van der Waals surface area contributed by atoms with Crippen molar-refractivity contribution < 1.29 is 14.4 Å². The molecule has 0 bridgehead atoms. The maximum atomic E-state index is 13.0. The van der Waals surface area contributed by atoms with Gasteiger partial charge in [0.05, 0.1) is 17.4 Å². The number of rotatable bonds is 8. The van der Waals surface area contributed by atoms with Gasteiger partial charge in [0.1, 0.15) is 29.8 Å². The van der Waals surface area contributed by atoms with Crippen molar-refractivity contribution in [2.45, 2.75) is 57.9 Å². The first-order valence-corrected chi connectivity index (χ1v) is 14.5. The van der Waals surface area contributed by atoms with E-state index >= 15 is 0 Å². The van der Waals surface area contributed by atoms with Crippen molar-refractivity contribution in [3.63, 3.8) is 0 Å². The number of aryl methyl sites for hydroxylation is 2. The lowest BCUT2D eigenvalue weighted by Gasteiger charge is -2.17. The van der Waals surface area contributed by atoms with Crippen LogP contribution in [-0.4, -0.2) is 65.7 Å². The molecule has 2 saturated carbocycles. The number of urea groups is 1. The SMILES string of the molecule is Cc1ccnc([C@H]2C[C@@H]2C(=O)Nc2cc(N[C@@H](C)c3cn4cc(C5CC5)cc(N5CC(=O)N(C)C5=O)c4n3)nc(C)n2)n1. The van der Waals surface area contributed by atoms with Gasteiger partial charge in [-0.25, -0.2) is 29.7 Å². The number of nitrogens with one attached hydrogen (secondary N) is 2. The number of carbonyl (C=O) groups excluding carboxylic acids is 3. The number of aromatic nitrogens is 6. The first-order valence-electron chi connectivity index (χ1n) is 14.5. The third-order valence-corrected chi connectivity index (χ3v) is 8.27. The molecule has 4 aromatic rings. The largest absolute Gasteiger partial charge is 0.362 e. The molecule has 3 fully saturated rings. The van der Waals surface area contributed by atoms with Crippen LogP contribution in [0, 0.1) is 19.8 Å². The maximum absolute atomic E-state index is 13.0. The number of imidazole rings is 1. The third-order valence-electron chi connectivity index (χ3n) is 8.27. The predicted octanol–water partition coefficient (Wildman–Crippen LogP) is 3.72. The standard InChI is InChI=1S/C30H32N10O3/c1-15-7-8-31-27(32-15)20-10-21(20)29(42)37-25-11-24(34-17(3)35-25)33-16(2)22-13-39-12-19(18-5-6-18)9-23(28(39)36-22)40-14-26(41)38(4)30(40)43/h7-9,11-13,16,18,20-21H,5-6,10,14H2,1-4H3,(H2,33,34,35,37,42)/t16-,20-,21-/m0/s1. The molecule has 4 amide bonds. The molecule has 0 aromatic carbocycles. The van der Waals surface area contributed by atoms with E-state index in [-0.39, 0.29) is 42.3 Å². The van der Waals surface area contributed by atoms with E-state index < -0.39 is 0 Å². The Kier molecular flexibility index (Phi) is 6.33. The Morgan fingerprint density at radius 2 is 1.84 bits per heavy atom. The van der Waals surface area contributed by atoms with E-state index in [2.05, 4.69) is 36.8 Å². The van der Waals surface area contributed by atoms with E-state index in [0.29, 0.717) is 47.0 Å². The smallest absolute Gasteiger partial charge is 0.331 e. The fourth-order valence-corrected chi connectivity index (χ4v) is 5.59. The highest BCUT2D eigenvalue weighted by atomic mass is 16.2. The van der Waals surface area contributed by atoms with E-state index in [1.807, 2.05) is 36.6 Å². The van der Waals surface area contributed by atoms with Crippen LogP contribution in [0.2, 0.25) is 0 Å². The number of likely N-dealkylation sites (N-methyl/N-ethyl adjacent to an activating group) is 1. The van der Waals surface area contributed by atoms with Gasteiger partial charge in [0, 0.05) is 49.2 Å². The number of anilines is 3. The van der Waals surface area contributed by atoms with Gasteiger partial charge >= 0.3 is 6.03 Å². The number of nitrogens with zero attached hydrogens (tertiary/aromatic N) is 8. The minimum absolute atomic E-state index is 0.00944. The zero-order valence-corrected chi connectivity index (χ0v) is 24.4. The zero-order chi connectivity index (χ0) is 30.0. The van der Waals surface area contributed by atoms with Crippen molar-refractivity contribution in [1.29, 1.82) is 0 Å². The van der Waals surface area contributed by atoms with E-state index in [1.165, 1.54) is 11.9 Å². The molecule has 2 aliphatic carbocycles. The van der Waals surface area contributed by atoms with Gasteiger partial charge in [-0.1, -0.05) is 0 Å². The molecule has 220 valence electrons. The number of carbonyl (C=O) groups is 3. The molecule has 1 saturated heterocycles. The zero-order valence-electron chi connectivity index (χ0n) is 24.4. The number of hydrogen-bond donors (Lipinski definition) is 2.